The summed E-state index contributed by atoms with van der Waals surface area (Å²) in [5.41, 5.74) is 1.13. The van der Waals surface area contributed by atoms with Crippen LogP contribution in [0, 0.1) is 5.92 Å². The maximum Gasteiger partial charge on any atom is 0.308 e. The maximum atomic E-state index is 12.9. The molecule has 1 aromatic carbocycles. The largest absolute Gasteiger partial charge is 0.481 e. The van der Waals surface area contributed by atoms with Crippen molar-refractivity contribution in [3.8, 4) is 5.69 Å². The molecular formula is C19H24ClN3O4. The van der Waals surface area contributed by atoms with Crippen molar-refractivity contribution >= 4 is 23.5 Å². The van der Waals surface area contributed by atoms with Gasteiger partial charge in [-0.3, -0.25) is 9.59 Å². The number of benzene rings is 1. The smallest absolute Gasteiger partial charge is 0.308 e. The molecule has 0 aliphatic rings. The molecule has 1 atom stereocenters. The molecule has 0 fully saturated rings. The molecule has 0 saturated heterocycles. The molecule has 1 N–H and O–H groups in total. The number of halogens is 1. The van der Waals surface area contributed by atoms with Crippen LogP contribution in [-0.4, -0.2) is 58.0 Å². The Balaban J connectivity index is 2.14. The number of aromatic nitrogens is 2. The quantitative estimate of drug-likeness (QED) is 0.627. The number of carbonyl (C=O) groups is 2. The number of amides is 1. The number of ether oxygens (including phenoxy) is 1. The maximum absolute atomic E-state index is 12.9. The summed E-state index contributed by atoms with van der Waals surface area (Å²) in [7, 11) is 0. The minimum atomic E-state index is -0.938. The van der Waals surface area contributed by atoms with Crippen molar-refractivity contribution in [2.24, 2.45) is 5.92 Å². The Bertz CT molecular complexity index is 778. The van der Waals surface area contributed by atoms with Gasteiger partial charge in [-0.25, -0.2) is 4.68 Å². The Hall–Kier alpha value is -2.38. The summed E-state index contributed by atoms with van der Waals surface area (Å²) in [6.45, 7) is 5.15. The van der Waals surface area contributed by atoms with Gasteiger partial charge in [-0.15, -0.1) is 0 Å². The zero-order valence-electron chi connectivity index (χ0n) is 15.5. The van der Waals surface area contributed by atoms with Crippen LogP contribution >= 0.6 is 11.6 Å². The van der Waals surface area contributed by atoms with E-state index >= 15 is 0 Å². The third-order valence-corrected chi connectivity index (χ3v) is 4.26. The molecular weight excluding hydrogens is 370 g/mol. The molecule has 0 bridgehead atoms. The molecule has 1 aromatic heterocycles. The highest BCUT2D eigenvalue weighted by molar-refractivity contribution is 6.30. The second kappa shape index (κ2) is 10.1. The van der Waals surface area contributed by atoms with E-state index in [9.17, 15) is 14.7 Å². The second-order valence-electron chi connectivity index (χ2n) is 6.19. The number of rotatable bonds is 10. The zero-order chi connectivity index (χ0) is 19.8. The topological polar surface area (TPSA) is 84.7 Å². The molecule has 0 aliphatic carbocycles. The second-order valence-corrected chi connectivity index (χ2v) is 6.63. The molecule has 146 valence electrons. The Morgan fingerprint density at radius 1 is 1.41 bits per heavy atom. The van der Waals surface area contributed by atoms with Crippen molar-refractivity contribution in [1.82, 2.24) is 14.7 Å². The van der Waals surface area contributed by atoms with Crippen molar-refractivity contribution < 1.29 is 19.4 Å². The number of nitrogens with zero attached hydrogens (tertiary/aromatic N) is 3. The fourth-order valence-electron chi connectivity index (χ4n) is 2.56. The molecule has 1 heterocycles. The highest BCUT2D eigenvalue weighted by Crippen LogP contribution is 2.16. The summed E-state index contributed by atoms with van der Waals surface area (Å²) in [4.78, 5) is 25.6. The Morgan fingerprint density at radius 3 is 2.85 bits per heavy atom. The molecule has 1 amide bonds. The minimum Gasteiger partial charge on any atom is -0.481 e. The van der Waals surface area contributed by atoms with E-state index in [-0.39, 0.29) is 12.5 Å². The van der Waals surface area contributed by atoms with Crippen LogP contribution in [0.2, 0.25) is 5.02 Å². The van der Waals surface area contributed by atoms with Crippen LogP contribution in [0.3, 0.4) is 0 Å². The first-order valence-corrected chi connectivity index (χ1v) is 9.20. The summed E-state index contributed by atoms with van der Waals surface area (Å²) < 4.78 is 6.88. The average molecular weight is 394 g/mol. The summed E-state index contributed by atoms with van der Waals surface area (Å²) in [6.07, 6.45) is 3.73. The molecule has 0 radical (unpaired) electrons. The molecule has 0 spiro atoms. The van der Waals surface area contributed by atoms with Gasteiger partial charge in [0, 0.05) is 37.5 Å². The van der Waals surface area contributed by atoms with Crippen LogP contribution in [-0.2, 0) is 9.53 Å². The van der Waals surface area contributed by atoms with Gasteiger partial charge in [-0.05, 0) is 31.5 Å². The number of carbonyl (C=O) groups excluding carboxylic acids is 1. The third kappa shape index (κ3) is 6.08. The normalized spacial score (nSPS) is 12.0. The third-order valence-electron chi connectivity index (χ3n) is 4.03. The van der Waals surface area contributed by atoms with Crippen molar-refractivity contribution in [1.29, 1.82) is 0 Å². The van der Waals surface area contributed by atoms with E-state index in [1.807, 2.05) is 13.0 Å². The first-order valence-electron chi connectivity index (χ1n) is 8.82. The van der Waals surface area contributed by atoms with Crippen LogP contribution in [0.5, 0.6) is 0 Å². The van der Waals surface area contributed by atoms with Crippen molar-refractivity contribution in [2.45, 2.75) is 20.3 Å². The molecule has 7 nitrogen and oxygen atoms in total. The highest BCUT2D eigenvalue weighted by atomic mass is 35.5. The standard InChI is InChI=1S/C19H24ClN3O4/c1-3-27-9-5-8-22(12-14(2)19(25)26)18(24)15-11-21-23(13-15)17-7-4-6-16(20)10-17/h4,6-7,10-11,13-14H,3,5,8-9,12H2,1-2H3,(H,25,26). The monoisotopic (exact) mass is 393 g/mol. The van der Waals surface area contributed by atoms with Gasteiger partial charge in [0.15, 0.2) is 0 Å². The first kappa shape index (κ1) is 20.9. The predicted octanol–water partition coefficient (Wildman–Crippen LogP) is 3.12. The Morgan fingerprint density at radius 2 is 2.19 bits per heavy atom. The number of carboxylic acids is 1. The van der Waals surface area contributed by atoms with Gasteiger partial charge in [-0.2, -0.15) is 5.10 Å². The fraction of sp³-hybridized carbons (Fsp3) is 0.421. The number of aliphatic carboxylic acids is 1. The lowest BCUT2D eigenvalue weighted by atomic mass is 10.1. The lowest BCUT2D eigenvalue weighted by Crippen LogP contribution is -2.38. The number of carboxylic acid groups (broad SMARTS) is 1. The summed E-state index contributed by atoms with van der Waals surface area (Å²) in [5.74, 6) is -1.86. The van der Waals surface area contributed by atoms with Gasteiger partial charge < -0.3 is 14.7 Å². The lowest BCUT2D eigenvalue weighted by molar-refractivity contribution is -0.141. The Kier molecular flexibility index (Phi) is 7.82. The Labute approximate surface area is 163 Å². The van der Waals surface area contributed by atoms with Crippen molar-refractivity contribution in [3.63, 3.8) is 0 Å². The minimum absolute atomic E-state index is 0.128. The van der Waals surface area contributed by atoms with Gasteiger partial charge in [0.2, 0.25) is 0 Å². The molecule has 1 unspecified atom stereocenters. The SMILES string of the molecule is CCOCCCN(CC(C)C(=O)O)C(=O)c1cnn(-c2cccc(Cl)c2)c1. The predicted molar refractivity (Wildman–Crippen MR) is 102 cm³/mol. The van der Waals surface area contributed by atoms with Crippen LogP contribution in [0.15, 0.2) is 36.7 Å². The zero-order valence-corrected chi connectivity index (χ0v) is 16.2. The summed E-state index contributed by atoms with van der Waals surface area (Å²) >= 11 is 6.00. The van der Waals surface area contributed by atoms with E-state index in [1.165, 1.54) is 11.1 Å². The van der Waals surface area contributed by atoms with E-state index in [1.54, 1.807) is 36.0 Å². The van der Waals surface area contributed by atoms with E-state index in [2.05, 4.69) is 5.10 Å². The summed E-state index contributed by atoms with van der Waals surface area (Å²) in [6, 6.07) is 7.14. The van der Waals surface area contributed by atoms with Crippen LogP contribution in [0.25, 0.3) is 5.69 Å². The van der Waals surface area contributed by atoms with E-state index in [4.69, 9.17) is 16.3 Å². The highest BCUT2D eigenvalue weighted by Gasteiger charge is 2.22. The fourth-order valence-corrected chi connectivity index (χ4v) is 2.75. The van der Waals surface area contributed by atoms with Crippen LogP contribution in [0.4, 0.5) is 0 Å². The van der Waals surface area contributed by atoms with Gasteiger partial charge in [0.05, 0.1) is 23.4 Å². The average Bonchev–Trinajstić information content (AvgIpc) is 3.13. The van der Waals surface area contributed by atoms with Gasteiger partial charge in [0.25, 0.3) is 5.91 Å². The molecule has 0 saturated carbocycles. The van der Waals surface area contributed by atoms with Crippen LogP contribution in [0.1, 0.15) is 30.6 Å². The van der Waals surface area contributed by atoms with Crippen LogP contribution < -0.4 is 0 Å². The molecule has 27 heavy (non-hydrogen) atoms. The van der Waals surface area contributed by atoms with Crippen molar-refractivity contribution in [3.05, 3.63) is 47.2 Å². The lowest BCUT2D eigenvalue weighted by Gasteiger charge is -2.24. The molecule has 8 heteroatoms. The number of hydrogen-bond donors (Lipinski definition) is 1. The molecule has 2 aromatic rings. The van der Waals surface area contributed by atoms with E-state index < -0.39 is 11.9 Å². The van der Waals surface area contributed by atoms with E-state index in [0.29, 0.717) is 36.8 Å². The van der Waals surface area contributed by atoms with E-state index in [0.717, 1.165) is 5.69 Å². The summed E-state index contributed by atoms with van der Waals surface area (Å²) in [5, 5.41) is 14.0. The van der Waals surface area contributed by atoms with Crippen molar-refractivity contribution in [2.75, 3.05) is 26.3 Å². The van der Waals surface area contributed by atoms with Gasteiger partial charge in [0.1, 0.15) is 0 Å². The molecule has 2 rings (SSSR count). The molecule has 0 aliphatic heterocycles. The van der Waals surface area contributed by atoms with Gasteiger partial charge >= 0.3 is 5.97 Å². The number of hydrogen-bond acceptors (Lipinski definition) is 4. The van der Waals surface area contributed by atoms with Gasteiger partial charge in [-0.1, -0.05) is 24.6 Å². The first-order chi connectivity index (χ1) is 12.9.